The second-order valence-electron chi connectivity index (χ2n) is 6.35. The summed E-state index contributed by atoms with van der Waals surface area (Å²) in [7, 11) is 0. The zero-order chi connectivity index (χ0) is 19.7. The van der Waals surface area contributed by atoms with Crippen LogP contribution in [0.15, 0.2) is 45.4 Å². The summed E-state index contributed by atoms with van der Waals surface area (Å²) in [5.74, 6) is 0.627. The number of fused-ring (bicyclic) bond motifs is 3. The summed E-state index contributed by atoms with van der Waals surface area (Å²) in [5, 5.41) is 5.32. The fourth-order valence-corrected chi connectivity index (χ4v) is 5.66. The van der Waals surface area contributed by atoms with Crippen molar-refractivity contribution in [2.45, 2.75) is 24.0 Å². The van der Waals surface area contributed by atoms with E-state index in [-0.39, 0.29) is 11.5 Å². The topological polar surface area (TPSA) is 61.2 Å². The van der Waals surface area contributed by atoms with Gasteiger partial charge >= 0.3 is 5.97 Å². The quantitative estimate of drug-likeness (QED) is 0.573. The number of thioether (sulfide) groups is 1. The lowest BCUT2D eigenvalue weighted by molar-refractivity contribution is -0.140. The maximum Gasteiger partial charge on any atom is 0.302 e. The molecule has 3 heterocycles. The molecule has 1 aromatic carbocycles. The first kappa shape index (κ1) is 19.2. The molecule has 2 aromatic heterocycles. The van der Waals surface area contributed by atoms with Crippen LogP contribution in [0.1, 0.15) is 17.4 Å². The Labute approximate surface area is 175 Å². The predicted octanol–water partition coefficient (Wildman–Crippen LogP) is 4.37. The maximum absolute atomic E-state index is 12.6. The lowest BCUT2D eigenvalue weighted by Gasteiger charge is -2.10. The van der Waals surface area contributed by atoms with Crippen LogP contribution in [0.4, 0.5) is 0 Å². The van der Waals surface area contributed by atoms with E-state index in [2.05, 4.69) is 6.07 Å². The van der Waals surface area contributed by atoms with Crippen LogP contribution in [0, 0.1) is 0 Å². The van der Waals surface area contributed by atoms with Crippen molar-refractivity contribution in [2.24, 2.45) is 0 Å². The van der Waals surface area contributed by atoms with Crippen LogP contribution in [-0.4, -0.2) is 28.1 Å². The third kappa shape index (κ3) is 4.01. The number of hydrogen-bond donors (Lipinski definition) is 0. The molecule has 3 aromatic rings. The number of aryl methyl sites for hydroxylation is 1. The molecule has 28 heavy (non-hydrogen) atoms. The highest BCUT2D eigenvalue weighted by atomic mass is 35.5. The van der Waals surface area contributed by atoms with E-state index in [1.807, 2.05) is 0 Å². The van der Waals surface area contributed by atoms with Gasteiger partial charge in [0.1, 0.15) is 0 Å². The summed E-state index contributed by atoms with van der Waals surface area (Å²) in [6.45, 7) is 1.78. The number of thiophene rings is 1. The molecule has 1 aliphatic heterocycles. The molecule has 0 saturated heterocycles. The molecule has 0 bridgehead atoms. The van der Waals surface area contributed by atoms with Gasteiger partial charge in [-0.2, -0.15) is 9.78 Å². The molecular formula is C20H17ClN2O3S2. The van der Waals surface area contributed by atoms with Crippen LogP contribution in [-0.2, 0) is 22.4 Å². The van der Waals surface area contributed by atoms with Crippen LogP contribution < -0.4 is 5.56 Å². The van der Waals surface area contributed by atoms with Gasteiger partial charge in [0.05, 0.1) is 22.2 Å². The van der Waals surface area contributed by atoms with Gasteiger partial charge in [0, 0.05) is 40.6 Å². The van der Waals surface area contributed by atoms with E-state index in [4.69, 9.17) is 21.4 Å². The first-order valence-corrected chi connectivity index (χ1v) is 11.0. The molecule has 0 aliphatic carbocycles. The van der Waals surface area contributed by atoms with E-state index in [1.54, 1.807) is 53.4 Å². The van der Waals surface area contributed by atoms with Gasteiger partial charge in [0.2, 0.25) is 0 Å². The van der Waals surface area contributed by atoms with Crippen LogP contribution in [0.2, 0.25) is 5.02 Å². The number of hydrogen-bond acceptors (Lipinski definition) is 6. The average Bonchev–Trinajstić information content (AvgIpc) is 2.98. The summed E-state index contributed by atoms with van der Waals surface area (Å²) in [6.07, 6.45) is 1.47. The van der Waals surface area contributed by atoms with E-state index in [9.17, 15) is 9.59 Å². The van der Waals surface area contributed by atoms with Crippen LogP contribution >= 0.6 is 34.7 Å². The minimum Gasteiger partial charge on any atom is -0.465 e. The predicted molar refractivity (Wildman–Crippen MR) is 113 cm³/mol. The smallest absolute Gasteiger partial charge is 0.302 e. The van der Waals surface area contributed by atoms with E-state index in [0.29, 0.717) is 23.7 Å². The number of carbonyl (C=O) groups excluding carboxylic acids is 1. The van der Waals surface area contributed by atoms with Crippen LogP contribution in [0.5, 0.6) is 0 Å². The SMILES string of the molecule is CC(=O)OCCc1cc2c(s1)SCCc1cc(=O)n(-c3ccc(Cl)cc3)nc1-2. The summed E-state index contributed by atoms with van der Waals surface area (Å²) in [4.78, 5) is 24.8. The molecule has 0 spiro atoms. The van der Waals surface area contributed by atoms with Gasteiger partial charge in [-0.1, -0.05) is 11.6 Å². The van der Waals surface area contributed by atoms with Gasteiger partial charge in [-0.3, -0.25) is 9.59 Å². The van der Waals surface area contributed by atoms with Gasteiger partial charge in [-0.25, -0.2) is 0 Å². The highest BCUT2D eigenvalue weighted by Gasteiger charge is 2.21. The monoisotopic (exact) mass is 432 g/mol. The summed E-state index contributed by atoms with van der Waals surface area (Å²) in [6, 6.07) is 10.8. The Bertz CT molecular complexity index is 1090. The number of esters is 1. The molecule has 144 valence electrons. The van der Waals surface area contributed by atoms with Gasteiger partial charge in [0.25, 0.3) is 5.56 Å². The van der Waals surface area contributed by atoms with Gasteiger partial charge in [-0.05, 0) is 42.3 Å². The first-order chi connectivity index (χ1) is 13.5. The fraction of sp³-hybridized carbons (Fsp3) is 0.250. The Balaban J connectivity index is 1.74. The van der Waals surface area contributed by atoms with E-state index < -0.39 is 0 Å². The van der Waals surface area contributed by atoms with Crippen LogP contribution in [0.25, 0.3) is 16.9 Å². The van der Waals surface area contributed by atoms with Crippen molar-refractivity contribution in [3.63, 3.8) is 0 Å². The molecular weight excluding hydrogens is 416 g/mol. The van der Waals surface area contributed by atoms with Crippen LogP contribution in [0.3, 0.4) is 0 Å². The molecule has 0 fully saturated rings. The zero-order valence-corrected chi connectivity index (χ0v) is 17.5. The summed E-state index contributed by atoms with van der Waals surface area (Å²) >= 11 is 9.44. The van der Waals surface area contributed by atoms with Gasteiger partial charge in [-0.15, -0.1) is 23.1 Å². The largest absolute Gasteiger partial charge is 0.465 e. The number of carbonyl (C=O) groups is 1. The second kappa shape index (κ2) is 8.11. The zero-order valence-electron chi connectivity index (χ0n) is 15.1. The average molecular weight is 433 g/mol. The second-order valence-corrected chi connectivity index (χ2v) is 9.28. The Morgan fingerprint density at radius 2 is 2.07 bits per heavy atom. The van der Waals surface area contributed by atoms with Crippen molar-refractivity contribution in [2.75, 3.05) is 12.4 Å². The lowest BCUT2D eigenvalue weighted by Crippen LogP contribution is -2.22. The van der Waals surface area contributed by atoms with E-state index in [0.717, 1.165) is 33.9 Å². The molecule has 0 atom stereocenters. The van der Waals surface area contributed by atoms with Crippen molar-refractivity contribution in [3.8, 4) is 16.9 Å². The van der Waals surface area contributed by atoms with E-state index in [1.165, 1.54) is 15.8 Å². The number of rotatable bonds is 4. The lowest BCUT2D eigenvalue weighted by atomic mass is 10.1. The minimum absolute atomic E-state index is 0.153. The third-order valence-corrected chi connectivity index (χ3v) is 7.08. The molecule has 5 nitrogen and oxygen atoms in total. The summed E-state index contributed by atoms with van der Waals surface area (Å²) in [5.41, 5.74) is 3.37. The van der Waals surface area contributed by atoms with Crippen molar-refractivity contribution in [3.05, 3.63) is 62.2 Å². The maximum atomic E-state index is 12.6. The molecule has 0 radical (unpaired) electrons. The molecule has 1 aliphatic rings. The van der Waals surface area contributed by atoms with Gasteiger partial charge in [0.15, 0.2) is 0 Å². The summed E-state index contributed by atoms with van der Waals surface area (Å²) < 4.78 is 7.67. The standard InChI is InChI=1S/C20H17ClN2O3S2/c1-12(24)26-8-6-16-11-17-19-13(7-9-27-20(17)28-16)10-18(25)23(22-19)15-4-2-14(21)3-5-15/h2-5,10-11H,6-9H2,1H3. The Morgan fingerprint density at radius 1 is 1.29 bits per heavy atom. The number of aromatic nitrogens is 2. The van der Waals surface area contributed by atoms with Gasteiger partial charge < -0.3 is 4.74 Å². The molecule has 0 N–H and O–H groups in total. The molecule has 0 amide bonds. The third-order valence-electron chi connectivity index (χ3n) is 4.34. The number of benzene rings is 1. The van der Waals surface area contributed by atoms with Crippen molar-refractivity contribution in [1.29, 1.82) is 0 Å². The minimum atomic E-state index is -0.272. The Hall–Kier alpha value is -2.09. The Kier molecular flexibility index (Phi) is 5.57. The first-order valence-electron chi connectivity index (χ1n) is 8.80. The highest BCUT2D eigenvalue weighted by molar-refractivity contribution is 8.01. The molecule has 4 rings (SSSR count). The van der Waals surface area contributed by atoms with Crippen molar-refractivity contribution >= 4 is 40.7 Å². The highest BCUT2D eigenvalue weighted by Crippen LogP contribution is 2.42. The number of halogens is 1. The molecule has 0 saturated carbocycles. The number of nitrogens with zero attached hydrogens (tertiary/aromatic N) is 2. The number of ether oxygens (including phenoxy) is 1. The van der Waals surface area contributed by atoms with Crippen molar-refractivity contribution < 1.29 is 9.53 Å². The van der Waals surface area contributed by atoms with Crippen molar-refractivity contribution in [1.82, 2.24) is 9.78 Å². The Morgan fingerprint density at radius 3 is 2.82 bits per heavy atom. The fourth-order valence-electron chi connectivity index (χ4n) is 3.04. The molecule has 0 unspecified atom stereocenters. The molecule has 8 heteroatoms. The van der Waals surface area contributed by atoms with E-state index >= 15 is 0 Å². The normalized spacial score (nSPS) is 12.8.